The molecule has 1 amide bonds. The average Bonchev–Trinajstić information content (AvgIpc) is 2.80. The minimum absolute atomic E-state index is 0.0592. The molecule has 0 saturated heterocycles. The number of methoxy groups -OCH3 is 1. The van der Waals surface area contributed by atoms with E-state index >= 15 is 0 Å². The minimum Gasteiger partial charge on any atom is -0.506 e. The molecule has 2 unspecified atom stereocenters. The van der Waals surface area contributed by atoms with Gasteiger partial charge < -0.3 is 25.6 Å². The molecule has 0 spiro atoms. The smallest absolute Gasteiger partial charge is 0.341 e. The predicted molar refractivity (Wildman–Crippen MR) is 127 cm³/mol. The predicted octanol–water partition coefficient (Wildman–Crippen LogP) is -1.28. The molecule has 1 aromatic carbocycles. The number of carbonyl (C=O) groups is 6. The van der Waals surface area contributed by atoms with Crippen LogP contribution in [0.4, 0.5) is 5.69 Å². The van der Waals surface area contributed by atoms with Crippen molar-refractivity contribution in [1.29, 1.82) is 0 Å². The van der Waals surface area contributed by atoms with Gasteiger partial charge in [0.05, 0.1) is 24.6 Å². The van der Waals surface area contributed by atoms with E-state index in [9.17, 15) is 39.0 Å². The van der Waals surface area contributed by atoms with Crippen LogP contribution in [-0.4, -0.2) is 97.1 Å². The maximum atomic E-state index is 13.8. The molecule has 0 aliphatic heterocycles. The van der Waals surface area contributed by atoms with Crippen molar-refractivity contribution in [3.8, 4) is 5.75 Å². The lowest BCUT2D eigenvalue weighted by Crippen LogP contribution is -2.74. The van der Waals surface area contributed by atoms with Crippen LogP contribution in [0.3, 0.4) is 0 Å². The van der Waals surface area contributed by atoms with Crippen molar-refractivity contribution in [1.82, 2.24) is 4.90 Å². The number of aromatic hydroxyl groups is 1. The van der Waals surface area contributed by atoms with Gasteiger partial charge in [-0.2, -0.15) is 0 Å². The van der Waals surface area contributed by atoms with E-state index < -0.39 is 76.1 Å². The zero-order chi connectivity index (χ0) is 27.7. The van der Waals surface area contributed by atoms with E-state index in [-0.39, 0.29) is 24.0 Å². The molecule has 4 rings (SSSR count). The molecule has 2 fully saturated rings. The largest absolute Gasteiger partial charge is 0.506 e. The quantitative estimate of drug-likeness (QED) is 0.320. The van der Waals surface area contributed by atoms with Gasteiger partial charge in [0, 0.05) is 25.7 Å². The number of amides is 1. The molecule has 37 heavy (non-hydrogen) atoms. The van der Waals surface area contributed by atoms with Gasteiger partial charge in [-0.05, 0) is 44.5 Å². The highest BCUT2D eigenvalue weighted by atomic mass is 16.5. The van der Waals surface area contributed by atoms with Crippen LogP contribution < -0.4 is 10.6 Å². The molecule has 12 nitrogen and oxygen atoms in total. The number of hydrogen-bond acceptors (Lipinski definition) is 11. The van der Waals surface area contributed by atoms with Gasteiger partial charge in [-0.25, -0.2) is 4.79 Å². The molecule has 198 valence electrons. The summed E-state index contributed by atoms with van der Waals surface area (Å²) in [5, 5.41) is 22.5. The summed E-state index contributed by atoms with van der Waals surface area (Å²) in [7, 11) is 7.51. The summed E-state index contributed by atoms with van der Waals surface area (Å²) in [6.45, 7) is 0. The monoisotopic (exact) mass is 515 g/mol. The Labute approximate surface area is 212 Å². The number of ether oxygens (including phenoxy) is 1. The fourth-order valence-electron chi connectivity index (χ4n) is 6.32. The molecule has 6 atom stereocenters. The molecule has 1 aromatic rings. The Hall–Kier alpha value is -3.64. The standard InChI is InChI=1S/C25H29N3O9/c1-27(2)13-8-11(24(35)37-5)18(29)15-10(13)6-9-7-12-17(28(3)4)20(31)16(23(26)34)22(33)25(12,36)21(32)14(9)19(15)30/h8-9,12,14,16-17,29,36H,6-7H2,1-5H3,(H2,26,34)/t9-,12-,14?,16?,17-,25-/m1/s1. The number of nitrogens with two attached hydrogens (primary N) is 1. The second kappa shape index (κ2) is 8.73. The van der Waals surface area contributed by atoms with E-state index in [0.717, 1.165) is 7.11 Å². The second-order valence-corrected chi connectivity index (χ2v) is 10.3. The number of carbonyl (C=O) groups excluding carboxylic acids is 6. The Morgan fingerprint density at radius 3 is 2.24 bits per heavy atom. The number of primary amides is 1. The van der Waals surface area contributed by atoms with Gasteiger partial charge in [-0.15, -0.1) is 0 Å². The molecule has 3 aliphatic rings. The lowest BCUT2D eigenvalue weighted by Gasteiger charge is -2.52. The summed E-state index contributed by atoms with van der Waals surface area (Å²) < 4.78 is 4.72. The Morgan fingerprint density at radius 1 is 1.11 bits per heavy atom. The van der Waals surface area contributed by atoms with E-state index in [1.54, 1.807) is 19.0 Å². The van der Waals surface area contributed by atoms with Gasteiger partial charge in [0.2, 0.25) is 5.91 Å². The van der Waals surface area contributed by atoms with Crippen molar-refractivity contribution >= 4 is 40.7 Å². The van der Waals surface area contributed by atoms with Crippen LogP contribution in [0.15, 0.2) is 6.07 Å². The molecule has 0 aromatic heterocycles. The van der Waals surface area contributed by atoms with Crippen molar-refractivity contribution in [3.63, 3.8) is 0 Å². The van der Waals surface area contributed by atoms with Crippen LogP contribution in [0, 0.1) is 23.7 Å². The summed E-state index contributed by atoms with van der Waals surface area (Å²) in [5.41, 5.74) is 2.80. The van der Waals surface area contributed by atoms with E-state index in [1.165, 1.54) is 25.1 Å². The van der Waals surface area contributed by atoms with Crippen molar-refractivity contribution < 1.29 is 43.7 Å². The van der Waals surface area contributed by atoms with Crippen LogP contribution in [0.25, 0.3) is 0 Å². The number of rotatable bonds is 4. The molecule has 0 radical (unpaired) electrons. The van der Waals surface area contributed by atoms with Gasteiger partial charge in [0.25, 0.3) is 0 Å². The number of ketones is 4. The van der Waals surface area contributed by atoms with E-state index in [1.807, 2.05) is 0 Å². The Bertz CT molecular complexity index is 1270. The molecule has 3 aliphatic carbocycles. The number of Topliss-reactive ketones (excluding diaryl/α,β-unsaturated/α-hetero) is 4. The third kappa shape index (κ3) is 3.50. The SMILES string of the molecule is COC(=O)c1cc(N(C)C)c2c(c1O)C(=O)C1C(=O)[C@@]3(O)C(=O)C(C(N)=O)C(=O)[C@H](N(C)C)[C@H]3C[C@H]1C2. The van der Waals surface area contributed by atoms with Gasteiger partial charge in [0.15, 0.2) is 34.7 Å². The molecule has 2 saturated carbocycles. The normalized spacial score (nSPS) is 30.9. The first-order chi connectivity index (χ1) is 17.2. The van der Waals surface area contributed by atoms with E-state index in [0.29, 0.717) is 11.3 Å². The van der Waals surface area contributed by atoms with E-state index in [4.69, 9.17) is 10.5 Å². The van der Waals surface area contributed by atoms with Crippen molar-refractivity contribution in [2.45, 2.75) is 24.5 Å². The third-order valence-electron chi connectivity index (χ3n) is 7.92. The molecular formula is C25H29N3O9. The van der Waals surface area contributed by atoms with Crippen LogP contribution in [0.5, 0.6) is 5.75 Å². The number of esters is 1. The maximum Gasteiger partial charge on any atom is 0.341 e. The van der Waals surface area contributed by atoms with Crippen LogP contribution >= 0.6 is 0 Å². The zero-order valence-corrected chi connectivity index (χ0v) is 21.1. The Morgan fingerprint density at radius 2 is 1.73 bits per heavy atom. The maximum absolute atomic E-state index is 13.8. The number of hydrogen-bond donors (Lipinski definition) is 3. The summed E-state index contributed by atoms with van der Waals surface area (Å²) in [5.74, 6) is -12.5. The second-order valence-electron chi connectivity index (χ2n) is 10.3. The minimum atomic E-state index is -2.81. The molecule has 12 heteroatoms. The van der Waals surface area contributed by atoms with E-state index in [2.05, 4.69) is 0 Å². The molecule has 4 N–H and O–H groups in total. The van der Waals surface area contributed by atoms with Gasteiger partial charge in [0.1, 0.15) is 11.3 Å². The highest BCUT2D eigenvalue weighted by Crippen LogP contribution is 2.52. The lowest BCUT2D eigenvalue weighted by molar-refractivity contribution is -0.181. The lowest BCUT2D eigenvalue weighted by atomic mass is 9.52. The fraction of sp³-hybridized carbons (Fsp3) is 0.520. The van der Waals surface area contributed by atoms with Gasteiger partial charge in [-0.3, -0.25) is 28.9 Å². The first-order valence-electron chi connectivity index (χ1n) is 11.7. The highest BCUT2D eigenvalue weighted by molar-refractivity contribution is 6.32. The van der Waals surface area contributed by atoms with Crippen molar-refractivity contribution in [3.05, 3.63) is 22.8 Å². The Kier molecular flexibility index (Phi) is 6.24. The number of nitrogens with zero attached hydrogens (tertiary/aromatic N) is 2. The number of phenols is 1. The number of likely N-dealkylation sites (N-methyl/N-ethyl adjacent to an activating group) is 1. The third-order valence-corrected chi connectivity index (χ3v) is 7.92. The molecular weight excluding hydrogens is 486 g/mol. The Balaban J connectivity index is 1.92. The summed E-state index contributed by atoms with van der Waals surface area (Å²) in [4.78, 5) is 81.5. The average molecular weight is 516 g/mol. The van der Waals surface area contributed by atoms with Crippen LogP contribution in [-0.2, 0) is 30.3 Å². The van der Waals surface area contributed by atoms with Gasteiger partial charge >= 0.3 is 5.97 Å². The first kappa shape index (κ1) is 26.4. The highest BCUT2D eigenvalue weighted by Gasteiger charge is 2.69. The molecule has 0 heterocycles. The summed E-state index contributed by atoms with van der Waals surface area (Å²) in [6.07, 6.45) is 0.0324. The van der Waals surface area contributed by atoms with Crippen molar-refractivity contribution in [2.24, 2.45) is 29.4 Å². The van der Waals surface area contributed by atoms with Crippen molar-refractivity contribution in [2.75, 3.05) is 40.2 Å². The number of benzene rings is 1. The number of aliphatic hydroxyl groups is 1. The van der Waals surface area contributed by atoms with Gasteiger partial charge in [-0.1, -0.05) is 0 Å². The number of phenolic OH excluding ortho intramolecular Hbond substituents is 1. The summed E-state index contributed by atoms with van der Waals surface area (Å²) in [6, 6.07) is 0.215. The van der Waals surface area contributed by atoms with Crippen LogP contribution in [0.1, 0.15) is 32.7 Å². The fourth-order valence-corrected chi connectivity index (χ4v) is 6.32. The topological polar surface area (TPSA) is 185 Å². The zero-order valence-electron chi connectivity index (χ0n) is 21.1. The first-order valence-corrected chi connectivity index (χ1v) is 11.7. The van der Waals surface area contributed by atoms with Crippen LogP contribution in [0.2, 0.25) is 0 Å². The number of fused-ring (bicyclic) bond motifs is 3. The molecule has 0 bridgehead atoms. The summed E-state index contributed by atoms with van der Waals surface area (Å²) >= 11 is 0. The number of anilines is 1.